The molecule has 8 nitrogen and oxygen atoms in total. The summed E-state index contributed by atoms with van der Waals surface area (Å²) in [7, 11) is -3.34. The van der Waals surface area contributed by atoms with Gasteiger partial charge >= 0.3 is 6.03 Å². The third kappa shape index (κ3) is 6.13. The molecule has 2 amide bonds. The molecule has 2 saturated heterocycles. The van der Waals surface area contributed by atoms with Gasteiger partial charge in [-0.2, -0.15) is 4.31 Å². The van der Waals surface area contributed by atoms with Gasteiger partial charge in [-0.25, -0.2) is 13.2 Å². The van der Waals surface area contributed by atoms with Gasteiger partial charge in [0.1, 0.15) is 0 Å². The molecule has 3 heterocycles. The van der Waals surface area contributed by atoms with E-state index in [0.717, 1.165) is 23.4 Å². The Morgan fingerprint density at radius 3 is 2.48 bits per heavy atom. The monoisotopic (exact) mass is 480 g/mol. The quantitative estimate of drug-likeness (QED) is 0.656. The lowest BCUT2D eigenvalue weighted by molar-refractivity contribution is 0.0730. The predicted molar refractivity (Wildman–Crippen MR) is 108 cm³/mol. The van der Waals surface area contributed by atoms with E-state index < -0.39 is 10.0 Å². The van der Waals surface area contributed by atoms with Crippen molar-refractivity contribution in [3.05, 3.63) is 20.8 Å². The van der Waals surface area contributed by atoms with Crippen LogP contribution in [0, 0.1) is 0 Å². The first kappa shape index (κ1) is 21.0. The number of sulfonamides is 1. The lowest BCUT2D eigenvalue weighted by atomic mass is 10.3. The third-order valence-electron chi connectivity index (χ3n) is 4.67. The molecule has 2 aliphatic rings. The Balaban J connectivity index is 1.36. The van der Waals surface area contributed by atoms with Crippen molar-refractivity contribution in [1.29, 1.82) is 0 Å². The van der Waals surface area contributed by atoms with E-state index in [4.69, 9.17) is 4.74 Å². The molecule has 0 aliphatic carbocycles. The second-order valence-electron chi connectivity index (χ2n) is 6.53. The zero-order valence-electron chi connectivity index (χ0n) is 15.1. The van der Waals surface area contributed by atoms with Crippen molar-refractivity contribution in [1.82, 2.24) is 19.4 Å². The van der Waals surface area contributed by atoms with Crippen LogP contribution >= 0.6 is 27.3 Å². The van der Waals surface area contributed by atoms with Gasteiger partial charge in [0, 0.05) is 57.2 Å². The molecule has 3 rings (SSSR count). The number of ether oxygens (including phenoxy) is 1. The standard InChI is InChI=1S/C16H25BrN4O4S2/c17-15-2-1-14(26-15)13-19-4-6-20(7-5-19)16(22)18-3-12-27(23,24)21-8-10-25-11-9-21/h1-2H,3-13H2,(H,18,22). The number of piperazine rings is 1. The van der Waals surface area contributed by atoms with E-state index in [0.29, 0.717) is 39.4 Å². The van der Waals surface area contributed by atoms with Crippen LogP contribution in [0.5, 0.6) is 0 Å². The van der Waals surface area contributed by atoms with Crippen molar-refractivity contribution >= 4 is 43.3 Å². The van der Waals surface area contributed by atoms with Crippen molar-refractivity contribution in [2.24, 2.45) is 0 Å². The maximum Gasteiger partial charge on any atom is 0.317 e. The molecule has 0 spiro atoms. The van der Waals surface area contributed by atoms with Crippen LogP contribution in [-0.2, 0) is 21.3 Å². The Morgan fingerprint density at radius 2 is 1.85 bits per heavy atom. The zero-order chi connectivity index (χ0) is 19.3. The largest absolute Gasteiger partial charge is 0.379 e. The second-order valence-corrected chi connectivity index (χ2v) is 11.2. The molecule has 27 heavy (non-hydrogen) atoms. The summed E-state index contributed by atoms with van der Waals surface area (Å²) in [6.45, 7) is 5.58. The van der Waals surface area contributed by atoms with Crippen LogP contribution in [0.25, 0.3) is 0 Å². The molecule has 152 valence electrons. The number of hydrogen-bond acceptors (Lipinski definition) is 6. The lowest BCUT2D eigenvalue weighted by Gasteiger charge is -2.34. The highest BCUT2D eigenvalue weighted by Crippen LogP contribution is 2.23. The van der Waals surface area contributed by atoms with E-state index in [1.165, 1.54) is 9.18 Å². The molecule has 1 N–H and O–H groups in total. The molecule has 1 aromatic heterocycles. The molecule has 0 unspecified atom stereocenters. The number of halogens is 1. The summed E-state index contributed by atoms with van der Waals surface area (Å²) in [5, 5.41) is 2.74. The normalized spacial score (nSPS) is 20.0. The van der Waals surface area contributed by atoms with Gasteiger partial charge in [0.2, 0.25) is 10.0 Å². The third-order valence-corrected chi connectivity index (χ3v) is 8.15. The lowest BCUT2D eigenvalue weighted by Crippen LogP contribution is -2.52. The van der Waals surface area contributed by atoms with Crippen molar-refractivity contribution in [2.45, 2.75) is 6.54 Å². The van der Waals surface area contributed by atoms with Crippen molar-refractivity contribution in [3.63, 3.8) is 0 Å². The van der Waals surface area contributed by atoms with E-state index in [1.807, 2.05) is 0 Å². The first-order valence-corrected chi connectivity index (χ1v) is 12.2. The summed E-state index contributed by atoms with van der Waals surface area (Å²) < 4.78 is 32.3. The van der Waals surface area contributed by atoms with E-state index in [9.17, 15) is 13.2 Å². The van der Waals surface area contributed by atoms with Crippen LogP contribution in [0.15, 0.2) is 15.9 Å². The highest BCUT2D eigenvalue weighted by Gasteiger charge is 2.25. The minimum Gasteiger partial charge on any atom is -0.379 e. The van der Waals surface area contributed by atoms with Crippen LogP contribution in [0.3, 0.4) is 0 Å². The molecule has 0 bridgehead atoms. The molecular weight excluding hydrogens is 456 g/mol. The van der Waals surface area contributed by atoms with Crippen LogP contribution in [-0.4, -0.2) is 93.3 Å². The highest BCUT2D eigenvalue weighted by molar-refractivity contribution is 9.11. The fourth-order valence-electron chi connectivity index (χ4n) is 3.12. The van der Waals surface area contributed by atoms with E-state index in [2.05, 4.69) is 38.3 Å². The van der Waals surface area contributed by atoms with Gasteiger partial charge in [-0.15, -0.1) is 11.3 Å². The fraction of sp³-hybridized carbons (Fsp3) is 0.688. The van der Waals surface area contributed by atoms with Crippen LogP contribution < -0.4 is 5.32 Å². The van der Waals surface area contributed by atoms with Crippen molar-refractivity contribution < 1.29 is 17.9 Å². The molecular formula is C16H25BrN4O4S2. The van der Waals surface area contributed by atoms with Gasteiger partial charge in [-0.05, 0) is 28.1 Å². The number of amides is 2. The fourth-order valence-corrected chi connectivity index (χ4v) is 5.97. The molecule has 0 saturated carbocycles. The Morgan fingerprint density at radius 1 is 1.15 bits per heavy atom. The molecule has 0 aromatic carbocycles. The Bertz CT molecular complexity index is 729. The second kappa shape index (κ2) is 9.66. The van der Waals surface area contributed by atoms with E-state index >= 15 is 0 Å². The molecule has 11 heteroatoms. The average molecular weight is 481 g/mol. The van der Waals surface area contributed by atoms with Gasteiger partial charge in [-0.3, -0.25) is 4.90 Å². The summed E-state index contributed by atoms with van der Waals surface area (Å²) >= 11 is 5.20. The summed E-state index contributed by atoms with van der Waals surface area (Å²) in [5.41, 5.74) is 0. The van der Waals surface area contributed by atoms with Crippen molar-refractivity contribution in [3.8, 4) is 0 Å². The Hall–Kier alpha value is -0.720. The highest BCUT2D eigenvalue weighted by atomic mass is 79.9. The predicted octanol–water partition coefficient (Wildman–Crippen LogP) is 1.000. The number of thiophene rings is 1. The van der Waals surface area contributed by atoms with E-state index in [1.54, 1.807) is 16.2 Å². The van der Waals surface area contributed by atoms with Crippen LogP contribution in [0.2, 0.25) is 0 Å². The summed E-state index contributed by atoms with van der Waals surface area (Å²) in [4.78, 5) is 17.7. The summed E-state index contributed by atoms with van der Waals surface area (Å²) in [6, 6.07) is 3.97. The van der Waals surface area contributed by atoms with Gasteiger partial charge in [0.25, 0.3) is 0 Å². The first-order valence-electron chi connectivity index (χ1n) is 8.99. The van der Waals surface area contributed by atoms with Gasteiger partial charge in [-0.1, -0.05) is 0 Å². The molecule has 2 fully saturated rings. The minimum absolute atomic E-state index is 0.0774. The van der Waals surface area contributed by atoms with E-state index in [-0.39, 0.29) is 18.3 Å². The Labute approximate surface area is 172 Å². The molecule has 1 aromatic rings. The average Bonchev–Trinajstić information content (AvgIpc) is 3.07. The van der Waals surface area contributed by atoms with Crippen LogP contribution in [0.4, 0.5) is 4.79 Å². The number of carbonyl (C=O) groups is 1. The van der Waals surface area contributed by atoms with Gasteiger partial charge in [0.05, 0.1) is 22.8 Å². The van der Waals surface area contributed by atoms with Crippen LogP contribution in [0.1, 0.15) is 4.88 Å². The topological polar surface area (TPSA) is 82.2 Å². The Kier molecular flexibility index (Phi) is 7.51. The summed E-state index contributed by atoms with van der Waals surface area (Å²) in [5.74, 6) is -0.0774. The maximum atomic E-state index is 12.3. The zero-order valence-corrected chi connectivity index (χ0v) is 18.3. The first-order chi connectivity index (χ1) is 12.9. The number of hydrogen-bond donors (Lipinski definition) is 1. The smallest absolute Gasteiger partial charge is 0.317 e. The number of carbonyl (C=O) groups excluding carboxylic acids is 1. The number of rotatable bonds is 6. The number of nitrogens with one attached hydrogen (secondary N) is 1. The minimum atomic E-state index is -3.34. The summed E-state index contributed by atoms with van der Waals surface area (Å²) in [6.07, 6.45) is 0. The van der Waals surface area contributed by atoms with Gasteiger partial charge < -0.3 is 15.0 Å². The number of nitrogens with zero attached hydrogens (tertiary/aromatic N) is 3. The molecule has 2 aliphatic heterocycles. The number of urea groups is 1. The van der Waals surface area contributed by atoms with Gasteiger partial charge in [0.15, 0.2) is 0 Å². The van der Waals surface area contributed by atoms with Crippen molar-refractivity contribution in [2.75, 3.05) is 64.8 Å². The molecule has 0 radical (unpaired) electrons. The molecule has 0 atom stereocenters. The SMILES string of the molecule is O=C(NCCS(=O)(=O)N1CCOCC1)N1CCN(Cc2ccc(Br)s2)CC1. The number of morpholine rings is 1. The maximum absolute atomic E-state index is 12.3.